The van der Waals surface area contributed by atoms with Crippen LogP contribution < -0.4 is 5.32 Å². The lowest BCUT2D eigenvalue weighted by atomic mass is 9.96. The lowest BCUT2D eigenvalue weighted by molar-refractivity contribution is -0.132. The van der Waals surface area contributed by atoms with Gasteiger partial charge in [-0.05, 0) is 61.0 Å². The zero-order valence-electron chi connectivity index (χ0n) is 12.6. The molecule has 2 aliphatic rings. The number of thioether (sulfide) groups is 1. The maximum atomic E-state index is 12.8. The Kier molecular flexibility index (Phi) is 5.24. The summed E-state index contributed by atoms with van der Waals surface area (Å²) in [5.74, 6) is 2.17. The smallest absolute Gasteiger partial charge is 0.240 e. The van der Waals surface area contributed by atoms with Gasteiger partial charge < -0.3 is 10.2 Å². The van der Waals surface area contributed by atoms with Gasteiger partial charge in [0.05, 0.1) is 0 Å². The minimum Gasteiger partial charge on any atom is -0.341 e. The molecule has 1 atom stereocenters. The molecule has 1 saturated heterocycles. The molecular weight excluding hydrogens is 300 g/mol. The average molecular weight is 325 g/mol. The van der Waals surface area contributed by atoms with Crippen LogP contribution in [0.4, 0.5) is 0 Å². The Morgan fingerprint density at radius 2 is 2.24 bits per heavy atom. The highest BCUT2D eigenvalue weighted by molar-refractivity contribution is 8.00. The molecule has 116 valence electrons. The molecule has 1 fully saturated rings. The van der Waals surface area contributed by atoms with E-state index < -0.39 is 0 Å². The highest BCUT2D eigenvalue weighted by Gasteiger charge is 2.33. The summed E-state index contributed by atoms with van der Waals surface area (Å²) in [6.07, 6.45) is 3.42. The van der Waals surface area contributed by atoms with E-state index in [2.05, 4.69) is 28.6 Å². The molecule has 21 heavy (non-hydrogen) atoms. The number of hydrogen-bond donors (Lipinski definition) is 1. The number of carbonyl (C=O) groups is 1. The summed E-state index contributed by atoms with van der Waals surface area (Å²) in [7, 11) is 0. The maximum absolute atomic E-state index is 12.8. The van der Waals surface area contributed by atoms with E-state index in [1.165, 1.54) is 10.4 Å². The second-order valence-corrected chi connectivity index (χ2v) is 8.09. The molecule has 1 unspecified atom stereocenters. The van der Waals surface area contributed by atoms with Crippen LogP contribution in [0.2, 0.25) is 0 Å². The van der Waals surface area contributed by atoms with E-state index in [1.54, 1.807) is 0 Å². The van der Waals surface area contributed by atoms with Gasteiger partial charge in [0.25, 0.3) is 0 Å². The third-order valence-electron chi connectivity index (χ3n) is 4.51. The minimum absolute atomic E-state index is 0.0605. The molecule has 1 aromatic heterocycles. The normalized spacial score (nSPS) is 23.1. The van der Waals surface area contributed by atoms with Crippen molar-refractivity contribution < 1.29 is 4.79 Å². The lowest BCUT2D eigenvalue weighted by Gasteiger charge is -2.35. The summed E-state index contributed by atoms with van der Waals surface area (Å²) in [5, 5.41) is 5.63. The van der Waals surface area contributed by atoms with Crippen LogP contribution in [0.15, 0.2) is 11.4 Å². The topological polar surface area (TPSA) is 32.3 Å². The first-order valence-corrected chi connectivity index (χ1v) is 9.89. The Hall–Kier alpha value is -0.520. The number of fused-ring (bicyclic) bond motifs is 1. The number of amides is 1. The van der Waals surface area contributed by atoms with Crippen LogP contribution in [0, 0.1) is 5.92 Å². The van der Waals surface area contributed by atoms with E-state index >= 15 is 0 Å². The highest BCUT2D eigenvalue weighted by atomic mass is 32.2. The number of likely N-dealkylation sites (tertiary alicyclic amines) is 1. The van der Waals surface area contributed by atoms with Crippen molar-refractivity contribution in [1.29, 1.82) is 0 Å². The van der Waals surface area contributed by atoms with E-state index in [0.29, 0.717) is 5.91 Å². The van der Waals surface area contributed by atoms with Crippen molar-refractivity contribution in [2.75, 3.05) is 31.9 Å². The summed E-state index contributed by atoms with van der Waals surface area (Å²) in [4.78, 5) is 16.4. The van der Waals surface area contributed by atoms with Crippen molar-refractivity contribution in [2.24, 2.45) is 5.92 Å². The molecule has 3 nitrogen and oxygen atoms in total. The SMILES string of the molecule is CCNCC1CCN(C(=O)C2SCCc3sccc32)CC1. The van der Waals surface area contributed by atoms with E-state index in [0.717, 1.165) is 57.1 Å². The molecule has 0 aliphatic carbocycles. The largest absolute Gasteiger partial charge is 0.341 e. The van der Waals surface area contributed by atoms with Crippen LogP contribution in [0.3, 0.4) is 0 Å². The molecule has 3 rings (SSSR count). The zero-order chi connectivity index (χ0) is 14.7. The molecular formula is C16H24N2OS2. The number of nitrogens with zero attached hydrogens (tertiary/aromatic N) is 1. The second kappa shape index (κ2) is 7.16. The maximum Gasteiger partial charge on any atom is 0.240 e. The van der Waals surface area contributed by atoms with Gasteiger partial charge in [-0.3, -0.25) is 4.79 Å². The van der Waals surface area contributed by atoms with Gasteiger partial charge in [0.1, 0.15) is 5.25 Å². The van der Waals surface area contributed by atoms with Crippen LogP contribution in [-0.2, 0) is 11.2 Å². The monoisotopic (exact) mass is 324 g/mol. The Balaban J connectivity index is 1.58. The highest BCUT2D eigenvalue weighted by Crippen LogP contribution is 2.40. The summed E-state index contributed by atoms with van der Waals surface area (Å²) in [6, 6.07) is 2.16. The van der Waals surface area contributed by atoms with Gasteiger partial charge in [0.2, 0.25) is 5.91 Å². The predicted octanol–water partition coefficient (Wildman–Crippen LogP) is 2.93. The molecule has 0 radical (unpaired) electrons. The van der Waals surface area contributed by atoms with Gasteiger partial charge in [0.15, 0.2) is 0 Å². The molecule has 5 heteroatoms. The Labute approximate surface area is 135 Å². The standard InChI is InChI=1S/C16H24N2OS2/c1-2-17-11-12-3-7-18(8-4-12)16(19)15-13-5-9-20-14(13)6-10-21-15/h5,9,12,15,17H,2-4,6-8,10-11H2,1H3. The number of piperidine rings is 1. The van der Waals surface area contributed by atoms with Gasteiger partial charge >= 0.3 is 0 Å². The van der Waals surface area contributed by atoms with Gasteiger partial charge in [-0.2, -0.15) is 0 Å². The molecule has 1 N–H and O–H groups in total. The van der Waals surface area contributed by atoms with E-state index in [4.69, 9.17) is 0 Å². The summed E-state index contributed by atoms with van der Waals surface area (Å²) < 4.78 is 0. The van der Waals surface area contributed by atoms with Gasteiger partial charge in [0, 0.05) is 18.0 Å². The molecule has 1 aromatic rings. The number of rotatable bonds is 4. The van der Waals surface area contributed by atoms with E-state index in [1.807, 2.05) is 23.1 Å². The summed E-state index contributed by atoms with van der Waals surface area (Å²) >= 11 is 3.64. The summed E-state index contributed by atoms with van der Waals surface area (Å²) in [5.41, 5.74) is 1.29. The van der Waals surface area contributed by atoms with Crippen LogP contribution in [0.5, 0.6) is 0 Å². The molecule has 1 amide bonds. The predicted molar refractivity (Wildman–Crippen MR) is 91.1 cm³/mol. The van der Waals surface area contributed by atoms with Crippen molar-refractivity contribution in [3.8, 4) is 0 Å². The van der Waals surface area contributed by atoms with Crippen LogP contribution in [0.25, 0.3) is 0 Å². The fraction of sp³-hybridized carbons (Fsp3) is 0.688. The van der Waals surface area contributed by atoms with Crippen molar-refractivity contribution in [3.05, 3.63) is 21.9 Å². The first-order valence-electron chi connectivity index (χ1n) is 7.97. The Morgan fingerprint density at radius 3 is 3.00 bits per heavy atom. The summed E-state index contributed by atoms with van der Waals surface area (Å²) in [6.45, 7) is 6.17. The van der Waals surface area contributed by atoms with Crippen LogP contribution in [0.1, 0.15) is 35.5 Å². The van der Waals surface area contributed by atoms with Crippen molar-refractivity contribution >= 4 is 29.0 Å². The Morgan fingerprint density at radius 1 is 1.43 bits per heavy atom. The second-order valence-electron chi connectivity index (χ2n) is 5.88. The van der Waals surface area contributed by atoms with Gasteiger partial charge in [-0.25, -0.2) is 0 Å². The number of carbonyl (C=O) groups excluding carboxylic acids is 1. The van der Waals surface area contributed by atoms with E-state index in [9.17, 15) is 4.79 Å². The van der Waals surface area contributed by atoms with E-state index in [-0.39, 0.29) is 5.25 Å². The quantitative estimate of drug-likeness (QED) is 0.924. The number of aryl methyl sites for hydroxylation is 1. The molecule has 0 aromatic carbocycles. The van der Waals surface area contributed by atoms with Crippen LogP contribution >= 0.6 is 23.1 Å². The molecule has 3 heterocycles. The van der Waals surface area contributed by atoms with Gasteiger partial charge in [-0.15, -0.1) is 23.1 Å². The number of nitrogens with one attached hydrogen (secondary N) is 1. The van der Waals surface area contributed by atoms with Crippen molar-refractivity contribution in [1.82, 2.24) is 10.2 Å². The molecule has 0 bridgehead atoms. The minimum atomic E-state index is 0.0605. The third-order valence-corrected chi connectivity index (χ3v) is 6.73. The Bertz CT molecular complexity index is 480. The first kappa shape index (κ1) is 15.4. The van der Waals surface area contributed by atoms with Crippen LogP contribution in [-0.4, -0.2) is 42.7 Å². The molecule has 0 spiro atoms. The number of thiophene rings is 1. The third kappa shape index (κ3) is 3.46. The molecule has 2 aliphatic heterocycles. The fourth-order valence-corrected chi connectivity index (χ4v) is 5.60. The van der Waals surface area contributed by atoms with Gasteiger partial charge in [-0.1, -0.05) is 6.92 Å². The van der Waals surface area contributed by atoms with Crippen molar-refractivity contribution in [3.63, 3.8) is 0 Å². The average Bonchev–Trinajstić information content (AvgIpc) is 3.01. The molecule has 0 saturated carbocycles. The fourth-order valence-electron chi connectivity index (χ4n) is 3.22. The lowest BCUT2D eigenvalue weighted by Crippen LogP contribution is -2.42. The zero-order valence-corrected chi connectivity index (χ0v) is 14.3. The number of hydrogen-bond acceptors (Lipinski definition) is 4. The van der Waals surface area contributed by atoms with Crippen molar-refractivity contribution in [2.45, 2.75) is 31.4 Å². The first-order chi connectivity index (χ1) is 10.3.